The summed E-state index contributed by atoms with van der Waals surface area (Å²) in [6.07, 6.45) is 2.99. The van der Waals surface area contributed by atoms with Gasteiger partial charge in [-0.25, -0.2) is 4.39 Å². The fraction of sp³-hybridized carbons (Fsp3) is 0.348. The van der Waals surface area contributed by atoms with Crippen LogP contribution < -0.4 is 0 Å². The molecule has 0 saturated heterocycles. The molecule has 0 spiro atoms. The lowest BCUT2D eigenvalue weighted by Crippen LogP contribution is -2.28. The summed E-state index contributed by atoms with van der Waals surface area (Å²) < 4.78 is 14.8. The van der Waals surface area contributed by atoms with Gasteiger partial charge in [-0.15, -0.1) is 12.4 Å². The Morgan fingerprint density at radius 3 is 2.56 bits per heavy atom. The van der Waals surface area contributed by atoms with Crippen molar-refractivity contribution in [2.24, 2.45) is 11.3 Å². The van der Waals surface area contributed by atoms with E-state index < -0.39 is 0 Å². The SMILES string of the molecule is CC(C)(C)C1CCc2nc3ccc(Cl)cc3c(-c3ccccc3F)c2C1.Cl. The van der Waals surface area contributed by atoms with Gasteiger partial charge in [-0.05, 0) is 66.0 Å². The molecule has 1 nitrogen and oxygen atoms in total. The minimum Gasteiger partial charge on any atom is -0.253 e. The van der Waals surface area contributed by atoms with Gasteiger partial charge in [0.05, 0.1) is 5.52 Å². The number of rotatable bonds is 1. The zero-order valence-electron chi connectivity index (χ0n) is 15.9. The summed E-state index contributed by atoms with van der Waals surface area (Å²) in [7, 11) is 0. The molecule has 4 heteroatoms. The molecule has 1 unspecified atom stereocenters. The van der Waals surface area contributed by atoms with Crippen LogP contribution in [0.5, 0.6) is 0 Å². The van der Waals surface area contributed by atoms with Gasteiger partial charge in [-0.3, -0.25) is 4.98 Å². The second-order valence-corrected chi connectivity index (χ2v) is 8.80. The average molecular weight is 404 g/mol. The number of aromatic nitrogens is 1. The summed E-state index contributed by atoms with van der Waals surface area (Å²) in [5.74, 6) is 0.360. The molecule has 142 valence electrons. The number of aryl methyl sites for hydroxylation is 1. The average Bonchev–Trinajstić information content (AvgIpc) is 2.59. The van der Waals surface area contributed by atoms with Gasteiger partial charge in [0.25, 0.3) is 0 Å². The van der Waals surface area contributed by atoms with Crippen molar-refractivity contribution in [2.45, 2.75) is 40.0 Å². The summed E-state index contributed by atoms with van der Waals surface area (Å²) in [6.45, 7) is 6.87. The number of pyridine rings is 1. The van der Waals surface area contributed by atoms with Crippen LogP contribution in [-0.4, -0.2) is 4.98 Å². The fourth-order valence-corrected chi connectivity index (χ4v) is 4.29. The number of hydrogen-bond acceptors (Lipinski definition) is 1. The standard InChI is InChI=1S/C23H23ClFN.ClH/c1-23(2,3)14-8-10-20-17(12-14)22(16-6-4-5-7-19(16)25)18-13-15(24)9-11-21(18)26-20;/h4-7,9,11,13-14H,8,10,12H2,1-3H3;1H. The molecule has 0 amide bonds. The Bertz CT molecular complexity index is 992. The fourth-order valence-electron chi connectivity index (χ4n) is 4.12. The monoisotopic (exact) mass is 403 g/mol. The lowest BCUT2D eigenvalue weighted by Gasteiger charge is -2.35. The summed E-state index contributed by atoms with van der Waals surface area (Å²) in [5.41, 5.74) is 5.02. The largest absolute Gasteiger partial charge is 0.253 e. The molecule has 1 aliphatic rings. The van der Waals surface area contributed by atoms with Gasteiger partial charge in [-0.2, -0.15) is 0 Å². The van der Waals surface area contributed by atoms with Crippen LogP contribution in [0.15, 0.2) is 42.5 Å². The van der Waals surface area contributed by atoms with Crippen LogP contribution in [0.25, 0.3) is 22.0 Å². The van der Waals surface area contributed by atoms with Crippen LogP contribution in [0.3, 0.4) is 0 Å². The van der Waals surface area contributed by atoms with Crippen molar-refractivity contribution in [1.29, 1.82) is 0 Å². The minimum atomic E-state index is -0.194. The molecule has 1 aliphatic carbocycles. The van der Waals surface area contributed by atoms with E-state index in [4.69, 9.17) is 16.6 Å². The maximum Gasteiger partial charge on any atom is 0.131 e. The summed E-state index contributed by atoms with van der Waals surface area (Å²) in [4.78, 5) is 4.91. The zero-order valence-corrected chi connectivity index (χ0v) is 17.4. The first-order valence-electron chi connectivity index (χ1n) is 9.20. The van der Waals surface area contributed by atoms with Crippen LogP contribution in [0, 0.1) is 17.2 Å². The van der Waals surface area contributed by atoms with E-state index in [-0.39, 0.29) is 23.6 Å². The van der Waals surface area contributed by atoms with E-state index in [0.717, 1.165) is 41.4 Å². The molecule has 4 rings (SSSR count). The predicted octanol–water partition coefficient (Wildman–Crippen LogP) is 7.27. The Kier molecular flexibility index (Phi) is 5.52. The van der Waals surface area contributed by atoms with Crippen molar-refractivity contribution in [1.82, 2.24) is 4.98 Å². The molecule has 1 aromatic heterocycles. The minimum absolute atomic E-state index is 0. The highest BCUT2D eigenvalue weighted by molar-refractivity contribution is 6.31. The Morgan fingerprint density at radius 2 is 1.85 bits per heavy atom. The van der Waals surface area contributed by atoms with E-state index in [0.29, 0.717) is 16.5 Å². The first-order valence-corrected chi connectivity index (χ1v) is 9.58. The molecule has 0 bridgehead atoms. The van der Waals surface area contributed by atoms with Gasteiger partial charge in [-0.1, -0.05) is 50.6 Å². The Hall–Kier alpha value is -1.64. The highest BCUT2D eigenvalue weighted by Gasteiger charge is 2.32. The first-order chi connectivity index (χ1) is 12.3. The molecule has 1 atom stereocenters. The molecule has 0 fully saturated rings. The Morgan fingerprint density at radius 1 is 1.11 bits per heavy atom. The highest BCUT2D eigenvalue weighted by atomic mass is 35.5. The van der Waals surface area contributed by atoms with E-state index in [2.05, 4.69) is 20.8 Å². The normalized spacial score (nSPS) is 16.7. The third kappa shape index (κ3) is 3.70. The van der Waals surface area contributed by atoms with Crippen molar-refractivity contribution in [2.75, 3.05) is 0 Å². The van der Waals surface area contributed by atoms with Crippen molar-refractivity contribution in [3.63, 3.8) is 0 Å². The summed E-state index contributed by atoms with van der Waals surface area (Å²) >= 11 is 6.28. The van der Waals surface area contributed by atoms with Crippen LogP contribution >= 0.6 is 24.0 Å². The van der Waals surface area contributed by atoms with Crippen molar-refractivity contribution < 1.29 is 4.39 Å². The quantitative estimate of drug-likeness (QED) is 0.416. The number of halogens is 3. The van der Waals surface area contributed by atoms with Crippen molar-refractivity contribution in [3.05, 3.63) is 64.6 Å². The molecule has 0 saturated carbocycles. The maximum absolute atomic E-state index is 14.8. The third-order valence-corrected chi connectivity index (χ3v) is 5.92. The zero-order chi connectivity index (χ0) is 18.5. The van der Waals surface area contributed by atoms with Gasteiger partial charge in [0.1, 0.15) is 5.82 Å². The molecule has 27 heavy (non-hydrogen) atoms. The maximum atomic E-state index is 14.8. The molecule has 2 aromatic carbocycles. The van der Waals surface area contributed by atoms with Crippen molar-refractivity contribution in [3.8, 4) is 11.1 Å². The predicted molar refractivity (Wildman–Crippen MR) is 114 cm³/mol. The van der Waals surface area contributed by atoms with Crippen LogP contribution in [-0.2, 0) is 12.8 Å². The van der Waals surface area contributed by atoms with E-state index in [1.165, 1.54) is 11.6 Å². The smallest absolute Gasteiger partial charge is 0.131 e. The highest BCUT2D eigenvalue weighted by Crippen LogP contribution is 2.43. The van der Waals surface area contributed by atoms with Crippen LogP contribution in [0.2, 0.25) is 5.02 Å². The Labute approximate surface area is 171 Å². The molecule has 3 aromatic rings. The lowest BCUT2D eigenvalue weighted by atomic mass is 9.70. The molecule has 0 aliphatic heterocycles. The van der Waals surface area contributed by atoms with Crippen molar-refractivity contribution >= 4 is 34.9 Å². The topological polar surface area (TPSA) is 12.9 Å². The van der Waals surface area contributed by atoms with E-state index in [9.17, 15) is 4.39 Å². The number of fused-ring (bicyclic) bond motifs is 2. The van der Waals surface area contributed by atoms with E-state index >= 15 is 0 Å². The second-order valence-electron chi connectivity index (χ2n) is 8.36. The summed E-state index contributed by atoms with van der Waals surface area (Å²) in [6, 6.07) is 12.7. The lowest BCUT2D eigenvalue weighted by molar-refractivity contribution is 0.215. The molecular formula is C23H24Cl2FN. The van der Waals surface area contributed by atoms with Crippen LogP contribution in [0.4, 0.5) is 4.39 Å². The van der Waals surface area contributed by atoms with E-state index in [1.807, 2.05) is 30.3 Å². The van der Waals surface area contributed by atoms with Gasteiger partial charge in [0.2, 0.25) is 0 Å². The van der Waals surface area contributed by atoms with Gasteiger partial charge < -0.3 is 0 Å². The third-order valence-electron chi connectivity index (χ3n) is 5.68. The van der Waals surface area contributed by atoms with Gasteiger partial charge >= 0.3 is 0 Å². The van der Waals surface area contributed by atoms with Crippen LogP contribution in [0.1, 0.15) is 38.4 Å². The number of hydrogen-bond donors (Lipinski definition) is 0. The molecule has 0 radical (unpaired) electrons. The molecule has 0 N–H and O–H groups in total. The number of nitrogens with zero attached hydrogens (tertiary/aromatic N) is 1. The van der Waals surface area contributed by atoms with Gasteiger partial charge in [0.15, 0.2) is 0 Å². The molecule has 1 heterocycles. The van der Waals surface area contributed by atoms with Gasteiger partial charge in [0, 0.05) is 21.7 Å². The Balaban J connectivity index is 0.00000210. The second kappa shape index (κ2) is 7.41. The molecular weight excluding hydrogens is 380 g/mol. The summed E-state index contributed by atoms with van der Waals surface area (Å²) in [5, 5.41) is 1.59. The number of benzene rings is 2. The first kappa shape index (κ1) is 20.1. The van der Waals surface area contributed by atoms with E-state index in [1.54, 1.807) is 6.07 Å².